The van der Waals surface area contributed by atoms with Gasteiger partial charge in [-0.15, -0.1) is 0 Å². The predicted molar refractivity (Wildman–Crippen MR) is 78.2 cm³/mol. The van der Waals surface area contributed by atoms with Crippen LogP contribution in [0.2, 0.25) is 0 Å². The van der Waals surface area contributed by atoms with E-state index < -0.39 is 11.8 Å². The molecule has 106 valence electrons. The molecule has 2 rings (SSSR count). The minimum Gasteiger partial charge on any atom is -0.334 e. The van der Waals surface area contributed by atoms with Crippen molar-refractivity contribution in [2.45, 2.75) is 13.5 Å². The third-order valence-corrected chi connectivity index (χ3v) is 2.92. The maximum Gasteiger partial charge on any atom is 0.319 e. The van der Waals surface area contributed by atoms with E-state index in [1.165, 1.54) is 12.1 Å². The third-order valence-electron chi connectivity index (χ3n) is 2.92. The van der Waals surface area contributed by atoms with Gasteiger partial charge in [0.2, 0.25) is 0 Å². The Morgan fingerprint density at radius 1 is 1.24 bits per heavy atom. The molecule has 2 amide bonds. The summed E-state index contributed by atoms with van der Waals surface area (Å²) in [5, 5.41) is 14.1. The third kappa shape index (κ3) is 4.05. The Labute approximate surface area is 122 Å². The lowest BCUT2D eigenvalue weighted by atomic mass is 10.1. The van der Waals surface area contributed by atoms with Gasteiger partial charge in [-0.25, -0.2) is 9.18 Å². The Balaban J connectivity index is 1.96. The molecular weight excluding hydrogens is 269 g/mol. The number of amides is 2. The second-order valence-electron chi connectivity index (χ2n) is 4.59. The van der Waals surface area contributed by atoms with Gasteiger partial charge in [0.25, 0.3) is 0 Å². The molecule has 0 atom stereocenters. The minimum absolute atomic E-state index is 0.0838. The van der Waals surface area contributed by atoms with Crippen LogP contribution in [0.25, 0.3) is 0 Å². The smallest absolute Gasteiger partial charge is 0.319 e. The lowest BCUT2D eigenvalue weighted by Crippen LogP contribution is -2.28. The molecule has 2 aromatic carbocycles. The quantitative estimate of drug-likeness (QED) is 0.907. The number of aryl methyl sites for hydroxylation is 1. The standard InChI is InChI=1S/C16H14FN3O/c1-11-2-4-12(5-3-11)10-19-16(21)20-15-7-6-14(17)8-13(15)9-18/h2-8H,10H2,1H3,(H2,19,20,21). The molecule has 2 N–H and O–H groups in total. The molecule has 0 radical (unpaired) electrons. The van der Waals surface area contributed by atoms with E-state index in [0.29, 0.717) is 6.54 Å². The van der Waals surface area contributed by atoms with E-state index >= 15 is 0 Å². The number of nitriles is 1. The van der Waals surface area contributed by atoms with Gasteiger partial charge >= 0.3 is 6.03 Å². The van der Waals surface area contributed by atoms with E-state index in [9.17, 15) is 9.18 Å². The number of hydrogen-bond acceptors (Lipinski definition) is 2. The van der Waals surface area contributed by atoms with Gasteiger partial charge in [0.1, 0.15) is 11.9 Å². The molecule has 5 heteroatoms. The van der Waals surface area contributed by atoms with Gasteiger partial charge in [0.05, 0.1) is 11.3 Å². The zero-order valence-electron chi connectivity index (χ0n) is 11.5. The molecule has 2 aromatic rings. The SMILES string of the molecule is Cc1ccc(CNC(=O)Nc2ccc(F)cc2C#N)cc1. The number of nitrogens with one attached hydrogen (secondary N) is 2. The monoisotopic (exact) mass is 283 g/mol. The lowest BCUT2D eigenvalue weighted by Gasteiger charge is -2.09. The molecule has 0 heterocycles. The van der Waals surface area contributed by atoms with Crippen LogP contribution >= 0.6 is 0 Å². The molecule has 0 aliphatic rings. The van der Waals surface area contributed by atoms with E-state index in [1.807, 2.05) is 37.3 Å². The molecule has 0 unspecified atom stereocenters. The Morgan fingerprint density at radius 2 is 1.95 bits per heavy atom. The lowest BCUT2D eigenvalue weighted by molar-refractivity contribution is 0.251. The summed E-state index contributed by atoms with van der Waals surface area (Å²) in [6.07, 6.45) is 0. The van der Waals surface area contributed by atoms with Crippen molar-refractivity contribution in [1.29, 1.82) is 5.26 Å². The van der Waals surface area contributed by atoms with Crippen molar-refractivity contribution in [2.24, 2.45) is 0 Å². The molecule has 21 heavy (non-hydrogen) atoms. The Morgan fingerprint density at radius 3 is 2.62 bits per heavy atom. The number of nitrogens with zero attached hydrogens (tertiary/aromatic N) is 1. The number of carbonyl (C=O) groups excluding carboxylic acids is 1. The minimum atomic E-state index is -0.517. The van der Waals surface area contributed by atoms with E-state index in [-0.39, 0.29) is 11.3 Å². The highest BCUT2D eigenvalue weighted by atomic mass is 19.1. The number of benzene rings is 2. The first-order chi connectivity index (χ1) is 10.1. The molecule has 4 nitrogen and oxygen atoms in total. The predicted octanol–water partition coefficient (Wildman–Crippen LogP) is 3.33. The van der Waals surface area contributed by atoms with Gasteiger partial charge in [-0.3, -0.25) is 0 Å². The Hall–Kier alpha value is -2.87. The molecule has 0 aliphatic carbocycles. The van der Waals surface area contributed by atoms with Gasteiger partial charge in [0, 0.05) is 6.54 Å². The Bertz CT molecular complexity index is 690. The van der Waals surface area contributed by atoms with Gasteiger partial charge < -0.3 is 10.6 Å². The average Bonchev–Trinajstić information content (AvgIpc) is 2.48. The summed E-state index contributed by atoms with van der Waals surface area (Å²) >= 11 is 0. The second-order valence-corrected chi connectivity index (χ2v) is 4.59. The van der Waals surface area contributed by atoms with Crippen molar-refractivity contribution >= 4 is 11.7 Å². The summed E-state index contributed by atoms with van der Waals surface area (Å²) < 4.78 is 13.0. The summed E-state index contributed by atoms with van der Waals surface area (Å²) in [5.74, 6) is -0.517. The number of carbonyl (C=O) groups is 1. The van der Waals surface area contributed by atoms with Crippen molar-refractivity contribution in [3.63, 3.8) is 0 Å². The van der Waals surface area contributed by atoms with Gasteiger partial charge in [-0.2, -0.15) is 5.26 Å². The highest BCUT2D eigenvalue weighted by Gasteiger charge is 2.07. The molecule has 0 saturated carbocycles. The number of halogens is 1. The van der Waals surface area contributed by atoms with Crippen LogP contribution in [-0.4, -0.2) is 6.03 Å². The highest BCUT2D eigenvalue weighted by Crippen LogP contribution is 2.15. The number of anilines is 1. The molecule has 0 aliphatic heterocycles. The molecular formula is C16H14FN3O. The number of rotatable bonds is 3. The zero-order valence-corrected chi connectivity index (χ0v) is 11.5. The van der Waals surface area contributed by atoms with Crippen LogP contribution in [-0.2, 0) is 6.54 Å². The molecule has 0 aromatic heterocycles. The van der Waals surface area contributed by atoms with Crippen LogP contribution in [0, 0.1) is 24.1 Å². The van der Waals surface area contributed by atoms with Crippen LogP contribution in [0.3, 0.4) is 0 Å². The molecule has 0 spiro atoms. The summed E-state index contributed by atoms with van der Waals surface area (Å²) in [5.41, 5.74) is 2.48. The van der Waals surface area contributed by atoms with Crippen molar-refractivity contribution in [3.8, 4) is 6.07 Å². The fourth-order valence-electron chi connectivity index (χ4n) is 1.77. The normalized spacial score (nSPS) is 9.76. The van der Waals surface area contributed by atoms with Crippen LogP contribution in [0.1, 0.15) is 16.7 Å². The van der Waals surface area contributed by atoms with Crippen LogP contribution in [0.15, 0.2) is 42.5 Å². The van der Waals surface area contributed by atoms with Crippen LogP contribution < -0.4 is 10.6 Å². The summed E-state index contributed by atoms with van der Waals surface area (Å²) in [6, 6.07) is 12.8. The maximum absolute atomic E-state index is 13.0. The van der Waals surface area contributed by atoms with Crippen LogP contribution in [0.4, 0.5) is 14.9 Å². The van der Waals surface area contributed by atoms with Crippen molar-refractivity contribution in [1.82, 2.24) is 5.32 Å². The Kier molecular flexibility index (Phi) is 4.52. The fourth-order valence-corrected chi connectivity index (χ4v) is 1.77. The highest BCUT2D eigenvalue weighted by molar-refractivity contribution is 5.90. The zero-order chi connectivity index (χ0) is 15.2. The number of hydrogen-bond donors (Lipinski definition) is 2. The van der Waals surface area contributed by atoms with Crippen molar-refractivity contribution in [2.75, 3.05) is 5.32 Å². The summed E-state index contributed by atoms with van der Waals surface area (Å²) in [6.45, 7) is 2.36. The number of urea groups is 1. The summed E-state index contributed by atoms with van der Waals surface area (Å²) in [4.78, 5) is 11.8. The van der Waals surface area contributed by atoms with E-state index in [4.69, 9.17) is 5.26 Å². The summed E-state index contributed by atoms with van der Waals surface area (Å²) in [7, 11) is 0. The fraction of sp³-hybridized carbons (Fsp3) is 0.125. The van der Waals surface area contributed by atoms with Gasteiger partial charge in [-0.1, -0.05) is 29.8 Å². The molecule has 0 saturated heterocycles. The van der Waals surface area contributed by atoms with Crippen LogP contribution in [0.5, 0.6) is 0 Å². The average molecular weight is 283 g/mol. The molecule has 0 bridgehead atoms. The van der Waals surface area contributed by atoms with Crippen molar-refractivity contribution in [3.05, 3.63) is 65.0 Å². The first-order valence-corrected chi connectivity index (χ1v) is 6.38. The van der Waals surface area contributed by atoms with E-state index in [0.717, 1.165) is 17.2 Å². The first-order valence-electron chi connectivity index (χ1n) is 6.38. The van der Waals surface area contributed by atoms with Gasteiger partial charge in [0.15, 0.2) is 0 Å². The van der Waals surface area contributed by atoms with E-state index in [1.54, 1.807) is 0 Å². The van der Waals surface area contributed by atoms with E-state index in [2.05, 4.69) is 10.6 Å². The maximum atomic E-state index is 13.0. The van der Waals surface area contributed by atoms with Gasteiger partial charge in [-0.05, 0) is 30.7 Å². The van der Waals surface area contributed by atoms with Crippen molar-refractivity contribution < 1.29 is 9.18 Å². The topological polar surface area (TPSA) is 64.9 Å². The molecule has 0 fully saturated rings. The second kappa shape index (κ2) is 6.53. The largest absolute Gasteiger partial charge is 0.334 e. The first kappa shape index (κ1) is 14.5.